The third kappa shape index (κ3) is 5.01. The lowest BCUT2D eigenvalue weighted by Gasteiger charge is -2.31. The zero-order chi connectivity index (χ0) is 23.5. The molecule has 1 saturated heterocycles. The number of ether oxygens (including phenoxy) is 2. The van der Waals surface area contributed by atoms with E-state index in [1.165, 1.54) is 6.33 Å². The van der Waals surface area contributed by atoms with Gasteiger partial charge in [0.05, 0.1) is 0 Å². The Morgan fingerprint density at radius 1 is 1.15 bits per heavy atom. The molecule has 9 nitrogen and oxygen atoms in total. The summed E-state index contributed by atoms with van der Waals surface area (Å²) in [4.78, 5) is 27.5. The van der Waals surface area contributed by atoms with Gasteiger partial charge in [-0.25, -0.2) is 15.0 Å². The number of nitrogen functional groups attached to an aromatic ring is 1. The van der Waals surface area contributed by atoms with Gasteiger partial charge >= 0.3 is 0 Å². The van der Waals surface area contributed by atoms with Gasteiger partial charge in [0.1, 0.15) is 25.8 Å². The third-order valence-electron chi connectivity index (χ3n) is 6.35. The normalized spacial score (nSPS) is 16.7. The number of carbonyl (C=O) groups is 1. The molecule has 1 fully saturated rings. The van der Waals surface area contributed by atoms with Gasteiger partial charge in [0, 0.05) is 28.9 Å². The van der Waals surface area contributed by atoms with E-state index in [9.17, 15) is 4.79 Å². The van der Waals surface area contributed by atoms with Crippen LogP contribution < -0.4 is 15.2 Å². The molecule has 2 aromatic heterocycles. The Labute approximate surface area is 210 Å². The summed E-state index contributed by atoms with van der Waals surface area (Å²) in [6, 6.07) is 3.92. The SMILES string of the molecule is Nc1ncnc2c1nc(Sc1cc3c(cc1Br)OCCO3)n2CCC1CCN(CCC=O)CC1. The van der Waals surface area contributed by atoms with E-state index in [2.05, 4.69) is 35.4 Å². The van der Waals surface area contributed by atoms with E-state index >= 15 is 0 Å². The molecule has 0 saturated carbocycles. The van der Waals surface area contributed by atoms with Gasteiger partial charge in [0.2, 0.25) is 0 Å². The summed E-state index contributed by atoms with van der Waals surface area (Å²) in [6.07, 6.45) is 6.42. The van der Waals surface area contributed by atoms with Gasteiger partial charge < -0.3 is 29.5 Å². The van der Waals surface area contributed by atoms with Crippen LogP contribution in [-0.4, -0.2) is 63.6 Å². The first-order valence-electron chi connectivity index (χ1n) is 11.5. The highest BCUT2D eigenvalue weighted by Crippen LogP contribution is 2.42. The lowest BCUT2D eigenvalue weighted by atomic mass is 9.93. The Balaban J connectivity index is 1.36. The quantitative estimate of drug-likeness (QED) is 0.422. The van der Waals surface area contributed by atoms with Crippen molar-refractivity contribution in [2.75, 3.05) is 38.6 Å². The highest BCUT2D eigenvalue weighted by atomic mass is 79.9. The van der Waals surface area contributed by atoms with Crippen LogP contribution in [0.15, 0.2) is 33.0 Å². The van der Waals surface area contributed by atoms with E-state index < -0.39 is 0 Å². The lowest BCUT2D eigenvalue weighted by Crippen LogP contribution is -2.34. The van der Waals surface area contributed by atoms with E-state index in [-0.39, 0.29) is 0 Å². The second-order valence-corrected chi connectivity index (χ2v) is 10.4. The van der Waals surface area contributed by atoms with Gasteiger partial charge in [-0.15, -0.1) is 0 Å². The first-order chi connectivity index (χ1) is 16.6. The Morgan fingerprint density at radius 3 is 2.68 bits per heavy atom. The molecule has 1 aromatic carbocycles. The first kappa shape index (κ1) is 23.4. The van der Waals surface area contributed by atoms with Crippen molar-refractivity contribution in [1.82, 2.24) is 24.4 Å². The maximum atomic E-state index is 10.7. The minimum absolute atomic E-state index is 0.385. The lowest BCUT2D eigenvalue weighted by molar-refractivity contribution is -0.108. The summed E-state index contributed by atoms with van der Waals surface area (Å²) in [5.41, 5.74) is 7.52. The molecule has 3 aromatic rings. The van der Waals surface area contributed by atoms with Gasteiger partial charge in [-0.2, -0.15) is 0 Å². The molecule has 34 heavy (non-hydrogen) atoms. The Bertz CT molecular complexity index is 1180. The number of nitrogens with two attached hydrogens (primary N) is 1. The van der Waals surface area contributed by atoms with E-state index in [4.69, 9.17) is 20.2 Å². The average molecular weight is 547 g/mol. The number of hydrogen-bond donors (Lipinski definition) is 1. The number of likely N-dealkylation sites (tertiary alicyclic amines) is 1. The van der Waals surface area contributed by atoms with E-state index in [0.717, 1.165) is 83.4 Å². The standard InChI is InChI=1S/C23H27BrN6O3S/c24-16-12-17-18(33-11-10-32-17)13-19(16)34-23-28-20-21(25)26-14-27-22(20)30(23)8-4-15-2-6-29(7-3-15)5-1-9-31/h9,12-15H,1-8,10-11H2,(H2,25,26,27). The number of carbonyl (C=O) groups excluding carboxylic acids is 1. The topological polar surface area (TPSA) is 108 Å². The maximum absolute atomic E-state index is 10.7. The number of anilines is 1. The van der Waals surface area contributed by atoms with Crippen molar-refractivity contribution in [2.24, 2.45) is 5.92 Å². The molecular formula is C23H27BrN6O3S. The number of nitrogens with zero attached hydrogens (tertiary/aromatic N) is 5. The van der Waals surface area contributed by atoms with Crippen molar-refractivity contribution in [1.29, 1.82) is 0 Å². The van der Waals surface area contributed by atoms with Crippen molar-refractivity contribution in [2.45, 2.75) is 42.3 Å². The predicted octanol–water partition coefficient (Wildman–Crippen LogP) is 3.78. The zero-order valence-electron chi connectivity index (χ0n) is 18.8. The number of rotatable bonds is 8. The van der Waals surface area contributed by atoms with E-state index in [1.807, 2.05) is 12.1 Å². The Kier molecular flexibility index (Phi) is 7.21. The van der Waals surface area contributed by atoms with Crippen molar-refractivity contribution in [3.05, 3.63) is 22.9 Å². The minimum atomic E-state index is 0.385. The van der Waals surface area contributed by atoms with Crippen LogP contribution >= 0.6 is 27.7 Å². The molecule has 0 amide bonds. The highest BCUT2D eigenvalue weighted by molar-refractivity contribution is 9.10. The van der Waals surface area contributed by atoms with Gasteiger partial charge in [-0.1, -0.05) is 11.8 Å². The smallest absolute Gasteiger partial charge is 0.175 e. The summed E-state index contributed by atoms with van der Waals surface area (Å²) in [6.45, 7) is 4.85. The summed E-state index contributed by atoms with van der Waals surface area (Å²) in [7, 11) is 0. The molecule has 0 atom stereocenters. The molecule has 2 aliphatic heterocycles. The van der Waals surface area contributed by atoms with E-state index in [1.54, 1.807) is 11.8 Å². The Morgan fingerprint density at radius 2 is 1.91 bits per heavy atom. The summed E-state index contributed by atoms with van der Waals surface area (Å²) in [5, 5.41) is 0.822. The molecule has 0 bridgehead atoms. The highest BCUT2D eigenvalue weighted by Gasteiger charge is 2.23. The molecule has 0 aliphatic carbocycles. The molecule has 11 heteroatoms. The number of benzene rings is 1. The van der Waals surface area contributed by atoms with Crippen LogP contribution in [-0.2, 0) is 11.3 Å². The molecule has 0 radical (unpaired) electrons. The number of imidazole rings is 1. The summed E-state index contributed by atoms with van der Waals surface area (Å²) >= 11 is 5.22. The third-order valence-corrected chi connectivity index (χ3v) is 8.32. The number of aldehydes is 1. The molecule has 2 aliphatic rings. The van der Waals surface area contributed by atoms with Crippen LogP contribution in [0.1, 0.15) is 25.7 Å². The predicted molar refractivity (Wildman–Crippen MR) is 133 cm³/mol. The van der Waals surface area contributed by atoms with Crippen molar-refractivity contribution in [3.8, 4) is 11.5 Å². The number of fused-ring (bicyclic) bond motifs is 2. The first-order valence-corrected chi connectivity index (χ1v) is 13.1. The second kappa shape index (κ2) is 10.5. The van der Waals surface area contributed by atoms with Crippen LogP contribution in [0, 0.1) is 5.92 Å². The summed E-state index contributed by atoms with van der Waals surface area (Å²) < 4.78 is 14.5. The fraction of sp³-hybridized carbons (Fsp3) is 0.478. The number of aryl methyl sites for hydroxylation is 1. The van der Waals surface area contributed by atoms with Crippen LogP contribution in [0.3, 0.4) is 0 Å². The van der Waals surface area contributed by atoms with Crippen LogP contribution in [0.25, 0.3) is 11.2 Å². The largest absolute Gasteiger partial charge is 0.486 e. The van der Waals surface area contributed by atoms with Gasteiger partial charge in [-0.05, 0) is 66.3 Å². The molecule has 5 rings (SSSR count). The van der Waals surface area contributed by atoms with Crippen LogP contribution in [0.2, 0.25) is 0 Å². The van der Waals surface area contributed by atoms with Gasteiger partial charge in [0.25, 0.3) is 0 Å². The van der Waals surface area contributed by atoms with Gasteiger partial charge in [0.15, 0.2) is 33.6 Å². The molecule has 0 unspecified atom stereocenters. The summed E-state index contributed by atoms with van der Waals surface area (Å²) in [5.74, 6) is 2.49. The average Bonchev–Trinajstić information content (AvgIpc) is 3.21. The van der Waals surface area contributed by atoms with E-state index in [0.29, 0.717) is 36.9 Å². The van der Waals surface area contributed by atoms with Crippen molar-refractivity contribution < 1.29 is 14.3 Å². The maximum Gasteiger partial charge on any atom is 0.175 e. The minimum Gasteiger partial charge on any atom is -0.486 e. The van der Waals surface area contributed by atoms with Crippen molar-refractivity contribution >= 4 is 51.0 Å². The number of piperidine rings is 1. The Hall–Kier alpha value is -2.37. The van der Waals surface area contributed by atoms with Crippen molar-refractivity contribution in [3.63, 3.8) is 0 Å². The molecule has 0 spiro atoms. The molecule has 180 valence electrons. The molecule has 4 heterocycles. The molecule has 2 N–H and O–H groups in total. The fourth-order valence-corrected chi connectivity index (χ4v) is 5.99. The monoisotopic (exact) mass is 546 g/mol. The number of aromatic nitrogens is 4. The molecular weight excluding hydrogens is 520 g/mol. The van der Waals surface area contributed by atoms with Gasteiger partial charge in [-0.3, -0.25) is 0 Å². The zero-order valence-corrected chi connectivity index (χ0v) is 21.2. The number of hydrogen-bond acceptors (Lipinski definition) is 9. The van der Waals surface area contributed by atoms with Crippen LogP contribution in [0.5, 0.6) is 11.5 Å². The van der Waals surface area contributed by atoms with Crippen LogP contribution in [0.4, 0.5) is 5.82 Å². The second-order valence-electron chi connectivity index (χ2n) is 8.53. The fourth-order valence-electron chi connectivity index (χ4n) is 4.48. The number of halogens is 1.